The molecule has 0 aliphatic carbocycles. The van der Waals surface area contributed by atoms with Gasteiger partial charge in [-0.2, -0.15) is 15.2 Å². The highest BCUT2D eigenvalue weighted by atomic mass is 32.1. The van der Waals surface area contributed by atoms with E-state index in [9.17, 15) is 24.1 Å². The third-order valence-electron chi connectivity index (χ3n) is 10.5. The second kappa shape index (κ2) is 12.5. The van der Waals surface area contributed by atoms with Crippen LogP contribution in [0.5, 0.6) is 6.01 Å². The van der Waals surface area contributed by atoms with Crippen molar-refractivity contribution in [3.63, 3.8) is 0 Å². The third kappa shape index (κ3) is 5.30. The fourth-order valence-corrected chi connectivity index (χ4v) is 9.10. The fraction of sp³-hybridized carbons (Fsp3) is 0.429. The predicted octanol–water partition coefficient (Wildman–Crippen LogP) is 4.68. The Morgan fingerprint density at radius 1 is 1.31 bits per heavy atom. The van der Waals surface area contributed by atoms with Gasteiger partial charge in [0, 0.05) is 48.3 Å². The number of anilines is 2. The van der Waals surface area contributed by atoms with Crippen molar-refractivity contribution in [2.75, 3.05) is 43.9 Å². The Morgan fingerprint density at radius 3 is 2.86 bits per heavy atom. The predicted molar refractivity (Wildman–Crippen MR) is 182 cm³/mol. The second-order valence-electron chi connectivity index (χ2n) is 13.0. The van der Waals surface area contributed by atoms with Crippen LogP contribution >= 0.6 is 11.3 Å². The van der Waals surface area contributed by atoms with Crippen LogP contribution in [-0.2, 0) is 4.79 Å². The summed E-state index contributed by atoms with van der Waals surface area (Å²) in [4.78, 5) is 28.4. The first-order valence-corrected chi connectivity index (χ1v) is 17.2. The number of alkyl halides is 1. The smallest absolute Gasteiger partial charge is 0.376 e. The molecule has 3 aliphatic heterocycles. The highest BCUT2D eigenvalue weighted by molar-refractivity contribution is 7.21. The minimum absolute atomic E-state index is 0.101. The minimum Gasteiger partial charge on any atom is -0.461 e. The number of nitrogens with two attached hydrogens (primary N) is 1. The van der Waals surface area contributed by atoms with Gasteiger partial charge in [-0.05, 0) is 62.6 Å². The highest BCUT2D eigenvalue weighted by Crippen LogP contribution is 2.42. The van der Waals surface area contributed by atoms with Crippen LogP contribution in [0.2, 0.25) is 0 Å². The summed E-state index contributed by atoms with van der Waals surface area (Å²) in [7, 11) is 1.91. The average molecular weight is 685 g/mol. The van der Waals surface area contributed by atoms with Crippen molar-refractivity contribution in [2.45, 2.75) is 62.8 Å². The lowest BCUT2D eigenvalue weighted by molar-refractivity contribution is -0.536. The molecular weight excluding hydrogens is 649 g/mol. The lowest BCUT2D eigenvalue weighted by atomic mass is 9.95. The summed E-state index contributed by atoms with van der Waals surface area (Å²) in [5, 5.41) is 21.0. The quantitative estimate of drug-likeness (QED) is 0.207. The number of thiazole rings is 1. The molecule has 4 atom stereocenters. The number of likely N-dealkylation sites (N-methyl/N-ethyl adjacent to an activating group) is 1. The van der Waals surface area contributed by atoms with Gasteiger partial charge in [0.1, 0.15) is 34.6 Å². The van der Waals surface area contributed by atoms with Gasteiger partial charge in [-0.25, -0.2) is 8.78 Å². The Kier molecular flexibility index (Phi) is 8.33. The molecule has 2 aromatic heterocycles. The lowest BCUT2D eigenvalue weighted by Gasteiger charge is -2.34. The van der Waals surface area contributed by atoms with Gasteiger partial charge < -0.3 is 20.3 Å². The normalized spacial score (nSPS) is 23.5. The van der Waals surface area contributed by atoms with E-state index < -0.39 is 17.5 Å². The van der Waals surface area contributed by atoms with Gasteiger partial charge in [0.25, 0.3) is 5.13 Å². The standard InChI is InChI=1S/C35H35F2N9O2S/c1-4-27-28(9-12-45(27)29(47)5-2)43(3)32-24-13-20(16-38)23(22-7-8-25(37)31-30(22)46(19-39)33(40)49-31)14-26(24)41-34(42-32)48-18-35-10-6-11-44(35)17-21(36)15-35/h5,7-8,13-14,21,27-28,40H,2,4,6,9-12,15,17-18H2,1,3H3/p+1. The number of halogens is 2. The second-order valence-corrected chi connectivity index (χ2v) is 14.1. The molecule has 0 radical (unpaired) electrons. The zero-order valence-electron chi connectivity index (χ0n) is 27.3. The first-order valence-electron chi connectivity index (χ1n) is 16.4. The number of ether oxygens (including phenoxy) is 1. The van der Waals surface area contributed by atoms with E-state index in [0.29, 0.717) is 60.2 Å². The van der Waals surface area contributed by atoms with E-state index in [2.05, 4.69) is 17.5 Å². The van der Waals surface area contributed by atoms with Gasteiger partial charge in [0.05, 0.1) is 34.8 Å². The summed E-state index contributed by atoms with van der Waals surface area (Å²) in [6.07, 6.45) is 6.01. The molecule has 0 saturated carbocycles. The molecule has 14 heteroatoms. The molecule has 0 bridgehead atoms. The first-order chi connectivity index (χ1) is 23.6. The van der Waals surface area contributed by atoms with Crippen LogP contribution in [0.1, 0.15) is 44.6 Å². The number of hydrogen-bond acceptors (Lipinski definition) is 10. The fourth-order valence-electron chi connectivity index (χ4n) is 8.21. The van der Waals surface area contributed by atoms with Crippen LogP contribution in [0, 0.1) is 28.6 Å². The number of nitriles is 2. The number of nitrogens with zero attached hydrogens (tertiary/aromatic N) is 8. The molecule has 4 aromatic rings. The molecule has 3 fully saturated rings. The van der Waals surface area contributed by atoms with E-state index >= 15 is 0 Å². The number of amides is 1. The van der Waals surface area contributed by atoms with Crippen molar-refractivity contribution in [2.24, 2.45) is 0 Å². The Balaban J connectivity index is 1.38. The van der Waals surface area contributed by atoms with Crippen LogP contribution in [0.4, 0.5) is 19.7 Å². The molecule has 0 spiro atoms. The number of nitrogen functional groups attached to an aromatic ring is 1. The molecule has 4 unspecified atom stereocenters. The molecule has 2 N–H and O–H groups in total. The number of aromatic nitrogens is 3. The monoisotopic (exact) mass is 684 g/mol. The zero-order valence-corrected chi connectivity index (χ0v) is 28.1. The molecule has 3 aliphatic rings. The number of fused-ring (bicyclic) bond motifs is 3. The molecule has 252 valence electrons. The van der Waals surface area contributed by atoms with Crippen LogP contribution in [0.25, 0.3) is 32.2 Å². The first kappa shape index (κ1) is 32.6. The molecule has 1 amide bonds. The molecule has 2 aromatic carbocycles. The largest absolute Gasteiger partial charge is 0.461 e. The summed E-state index contributed by atoms with van der Waals surface area (Å²) < 4.78 is 37.2. The van der Waals surface area contributed by atoms with Crippen LogP contribution in [-0.4, -0.2) is 82.8 Å². The van der Waals surface area contributed by atoms with E-state index in [1.165, 1.54) is 18.2 Å². The topological polar surface area (TPSA) is 139 Å². The van der Waals surface area contributed by atoms with Crippen LogP contribution in [0.15, 0.2) is 36.9 Å². The number of rotatable bonds is 8. The molecule has 49 heavy (non-hydrogen) atoms. The van der Waals surface area contributed by atoms with Gasteiger partial charge in [0.15, 0.2) is 0 Å². The van der Waals surface area contributed by atoms with E-state index in [1.807, 2.05) is 30.0 Å². The molecule has 11 nitrogen and oxygen atoms in total. The van der Waals surface area contributed by atoms with Crippen LogP contribution < -0.4 is 19.9 Å². The SMILES string of the molecule is C=CC(=O)N1CCC(N(C)c2nc(OCC34CCCN3CC(F)C4)nc3cc(-c4ccc(F)c5sc(N)[n+](C#N)c45)c(C#N)cc23)C1CC. The Labute approximate surface area is 286 Å². The summed E-state index contributed by atoms with van der Waals surface area (Å²) in [6, 6.07) is 8.43. The summed E-state index contributed by atoms with van der Waals surface area (Å²) in [5.41, 5.74) is 7.54. The number of carbonyl (C=O) groups excluding carboxylic acids is 1. The van der Waals surface area contributed by atoms with Gasteiger partial charge in [-0.15, -0.1) is 4.57 Å². The molecule has 5 heterocycles. The minimum atomic E-state index is -0.917. The maximum Gasteiger partial charge on any atom is 0.376 e. The van der Waals surface area contributed by atoms with Crippen LogP contribution in [0.3, 0.4) is 0 Å². The average Bonchev–Trinajstić information content (AvgIpc) is 3.86. The van der Waals surface area contributed by atoms with Crippen molar-refractivity contribution >= 4 is 49.3 Å². The third-order valence-corrected chi connectivity index (χ3v) is 11.5. The van der Waals surface area contributed by atoms with Crippen molar-refractivity contribution in [1.29, 1.82) is 10.5 Å². The van der Waals surface area contributed by atoms with E-state index in [1.54, 1.807) is 12.1 Å². The Hall–Kier alpha value is -4.92. The lowest BCUT2D eigenvalue weighted by Crippen LogP contribution is -2.45. The Morgan fingerprint density at radius 2 is 2.12 bits per heavy atom. The van der Waals surface area contributed by atoms with Gasteiger partial charge >= 0.3 is 12.2 Å². The van der Waals surface area contributed by atoms with Gasteiger partial charge in [-0.3, -0.25) is 9.69 Å². The Bertz CT molecular complexity index is 2090. The van der Waals surface area contributed by atoms with Gasteiger partial charge in [-0.1, -0.05) is 24.8 Å². The summed E-state index contributed by atoms with van der Waals surface area (Å²) >= 11 is 0.954. The molecule has 3 saturated heterocycles. The zero-order chi connectivity index (χ0) is 34.6. The van der Waals surface area contributed by atoms with E-state index in [-0.39, 0.29) is 51.5 Å². The number of hydrogen-bond donors (Lipinski definition) is 1. The number of likely N-dealkylation sites (tertiary alicyclic amines) is 1. The van der Waals surface area contributed by atoms with E-state index in [4.69, 9.17) is 20.4 Å². The van der Waals surface area contributed by atoms with Crippen molar-refractivity contribution < 1.29 is 22.9 Å². The maximum atomic E-state index is 14.9. The molecular formula is C35H36F2N9O2S+. The molecule has 7 rings (SSSR count). The number of carbonyl (C=O) groups is 1. The number of benzene rings is 2. The van der Waals surface area contributed by atoms with Gasteiger partial charge in [0.2, 0.25) is 5.91 Å². The van der Waals surface area contributed by atoms with Crippen molar-refractivity contribution in [1.82, 2.24) is 19.8 Å². The summed E-state index contributed by atoms with van der Waals surface area (Å²) in [5.74, 6) is -0.140. The maximum absolute atomic E-state index is 14.9. The highest BCUT2D eigenvalue weighted by Gasteiger charge is 2.49. The van der Waals surface area contributed by atoms with Crippen molar-refractivity contribution in [3.8, 4) is 29.4 Å². The van der Waals surface area contributed by atoms with E-state index in [0.717, 1.165) is 35.3 Å². The van der Waals surface area contributed by atoms with Crippen molar-refractivity contribution in [3.05, 3.63) is 48.3 Å². The summed E-state index contributed by atoms with van der Waals surface area (Å²) in [6.45, 7) is 7.70.